The molecule has 0 saturated carbocycles. The molecule has 4 rings (SSSR count). The summed E-state index contributed by atoms with van der Waals surface area (Å²) in [5.41, 5.74) is 2.98. The van der Waals surface area contributed by atoms with Gasteiger partial charge in [0.1, 0.15) is 5.82 Å². The first-order valence-electron chi connectivity index (χ1n) is 8.32. The van der Waals surface area contributed by atoms with Gasteiger partial charge in [-0.15, -0.1) is 22.7 Å². The molecule has 0 radical (unpaired) electrons. The van der Waals surface area contributed by atoms with Crippen LogP contribution in [0.3, 0.4) is 0 Å². The molecule has 1 unspecified atom stereocenters. The number of carbonyl (C=O) groups excluding carboxylic acids is 1. The molecule has 7 heteroatoms. The zero-order chi connectivity index (χ0) is 18.1. The number of thioether (sulfide) groups is 1. The number of benzene rings is 1. The lowest BCUT2D eigenvalue weighted by Crippen LogP contribution is -2.39. The van der Waals surface area contributed by atoms with Crippen molar-refractivity contribution in [1.82, 2.24) is 9.88 Å². The summed E-state index contributed by atoms with van der Waals surface area (Å²) in [4.78, 5) is 20.7. The minimum absolute atomic E-state index is 0.158. The van der Waals surface area contributed by atoms with Crippen molar-refractivity contribution in [2.24, 2.45) is 0 Å². The second-order valence-electron chi connectivity index (χ2n) is 6.14. The van der Waals surface area contributed by atoms with Gasteiger partial charge in [0.25, 0.3) is 0 Å². The highest BCUT2D eigenvalue weighted by atomic mass is 32.2. The number of rotatable bonds is 4. The predicted molar refractivity (Wildman–Crippen MR) is 106 cm³/mol. The van der Waals surface area contributed by atoms with Crippen molar-refractivity contribution in [3.05, 3.63) is 57.3 Å². The normalized spacial score (nSPS) is 14.9. The Morgan fingerprint density at radius 2 is 2.08 bits per heavy atom. The number of hydrogen-bond acceptors (Lipinski definition) is 5. The maximum absolute atomic E-state index is 13.1. The Morgan fingerprint density at radius 3 is 2.88 bits per heavy atom. The van der Waals surface area contributed by atoms with Gasteiger partial charge in [0.05, 0.1) is 10.9 Å². The molecule has 134 valence electrons. The van der Waals surface area contributed by atoms with Gasteiger partial charge in [0.15, 0.2) is 4.34 Å². The minimum atomic E-state index is -0.256. The van der Waals surface area contributed by atoms with Crippen LogP contribution in [0.2, 0.25) is 0 Å². The predicted octanol–water partition coefficient (Wildman–Crippen LogP) is 5.08. The van der Waals surface area contributed by atoms with Crippen molar-refractivity contribution in [1.29, 1.82) is 0 Å². The Morgan fingerprint density at radius 1 is 1.27 bits per heavy atom. The molecule has 0 aliphatic carbocycles. The zero-order valence-electron chi connectivity index (χ0n) is 14.1. The average molecular weight is 405 g/mol. The highest BCUT2D eigenvalue weighted by Crippen LogP contribution is 2.32. The first-order chi connectivity index (χ1) is 12.6. The highest BCUT2D eigenvalue weighted by molar-refractivity contribution is 8.02. The van der Waals surface area contributed by atoms with Crippen LogP contribution in [0.1, 0.15) is 17.4 Å². The van der Waals surface area contributed by atoms with Crippen molar-refractivity contribution in [2.45, 2.75) is 29.5 Å². The lowest BCUT2D eigenvalue weighted by molar-refractivity contribution is -0.131. The van der Waals surface area contributed by atoms with Gasteiger partial charge in [-0.05, 0) is 54.6 Å². The molecule has 1 atom stereocenters. The number of halogens is 1. The molecule has 3 nitrogen and oxygen atoms in total. The van der Waals surface area contributed by atoms with Gasteiger partial charge in [-0.2, -0.15) is 0 Å². The number of aromatic nitrogens is 1. The molecule has 1 aliphatic rings. The SMILES string of the molecule is CC(Sc1nc(-c2ccc(F)cc2)cs1)C(=O)N1CCc2sccc2C1. The van der Waals surface area contributed by atoms with Gasteiger partial charge in [-0.3, -0.25) is 4.79 Å². The third-order valence-corrected chi connectivity index (χ3v) is 7.45. The van der Waals surface area contributed by atoms with E-state index in [1.807, 2.05) is 17.2 Å². The molecule has 0 spiro atoms. The molecule has 1 aromatic carbocycles. The molecule has 0 bridgehead atoms. The van der Waals surface area contributed by atoms with Crippen LogP contribution >= 0.6 is 34.4 Å². The number of nitrogens with zero attached hydrogens (tertiary/aromatic N) is 2. The Labute approximate surface area is 163 Å². The van der Waals surface area contributed by atoms with Gasteiger partial charge < -0.3 is 4.90 Å². The maximum Gasteiger partial charge on any atom is 0.236 e. The Kier molecular flexibility index (Phi) is 5.11. The fourth-order valence-corrected chi connectivity index (χ4v) is 5.90. The molecule has 2 aromatic heterocycles. The zero-order valence-corrected chi connectivity index (χ0v) is 16.6. The van der Waals surface area contributed by atoms with Crippen LogP contribution in [0.15, 0.2) is 45.4 Å². The van der Waals surface area contributed by atoms with E-state index in [0.29, 0.717) is 6.54 Å². The van der Waals surface area contributed by atoms with E-state index < -0.39 is 0 Å². The first-order valence-corrected chi connectivity index (χ1v) is 11.0. The lowest BCUT2D eigenvalue weighted by Gasteiger charge is -2.29. The van der Waals surface area contributed by atoms with E-state index >= 15 is 0 Å². The van der Waals surface area contributed by atoms with E-state index in [9.17, 15) is 9.18 Å². The second-order valence-corrected chi connectivity index (χ2v) is 9.59. The molecule has 3 heterocycles. The number of carbonyl (C=O) groups is 1. The number of thiophene rings is 1. The van der Waals surface area contributed by atoms with Crippen LogP contribution in [0.25, 0.3) is 11.3 Å². The Balaban J connectivity index is 1.41. The lowest BCUT2D eigenvalue weighted by atomic mass is 10.1. The maximum atomic E-state index is 13.1. The largest absolute Gasteiger partial charge is 0.337 e. The van der Waals surface area contributed by atoms with Gasteiger partial charge in [0.2, 0.25) is 5.91 Å². The van der Waals surface area contributed by atoms with Gasteiger partial charge in [-0.1, -0.05) is 11.8 Å². The van der Waals surface area contributed by atoms with Crippen molar-refractivity contribution >= 4 is 40.3 Å². The van der Waals surface area contributed by atoms with Gasteiger partial charge in [-0.25, -0.2) is 9.37 Å². The Bertz CT molecular complexity index is 919. The monoisotopic (exact) mass is 404 g/mol. The van der Waals surface area contributed by atoms with E-state index in [2.05, 4.69) is 16.4 Å². The van der Waals surface area contributed by atoms with Crippen molar-refractivity contribution in [3.63, 3.8) is 0 Å². The Hall–Kier alpha value is -1.70. The second kappa shape index (κ2) is 7.50. The molecular weight excluding hydrogens is 387 g/mol. The average Bonchev–Trinajstić information content (AvgIpc) is 3.30. The van der Waals surface area contributed by atoms with Crippen LogP contribution in [-0.4, -0.2) is 27.6 Å². The quantitative estimate of drug-likeness (QED) is 0.569. The van der Waals surface area contributed by atoms with Crippen LogP contribution < -0.4 is 0 Å². The fraction of sp³-hybridized carbons (Fsp3) is 0.263. The third kappa shape index (κ3) is 3.70. The van der Waals surface area contributed by atoms with Crippen LogP contribution in [-0.2, 0) is 17.8 Å². The van der Waals surface area contributed by atoms with Crippen molar-refractivity contribution < 1.29 is 9.18 Å². The van der Waals surface area contributed by atoms with E-state index in [1.54, 1.807) is 23.5 Å². The number of thiazole rings is 1. The number of amides is 1. The summed E-state index contributed by atoms with van der Waals surface area (Å²) in [6.45, 7) is 3.44. The van der Waals surface area contributed by atoms with Crippen LogP contribution in [0.5, 0.6) is 0 Å². The highest BCUT2D eigenvalue weighted by Gasteiger charge is 2.26. The van der Waals surface area contributed by atoms with Gasteiger partial charge in [0, 0.05) is 28.9 Å². The summed E-state index contributed by atoms with van der Waals surface area (Å²) in [5, 5.41) is 3.87. The summed E-state index contributed by atoms with van der Waals surface area (Å²) in [6.07, 6.45) is 0.947. The summed E-state index contributed by atoms with van der Waals surface area (Å²) >= 11 is 4.79. The summed E-state index contributed by atoms with van der Waals surface area (Å²) < 4.78 is 13.9. The molecule has 1 aliphatic heterocycles. The third-order valence-electron chi connectivity index (χ3n) is 4.37. The molecule has 0 saturated heterocycles. The first kappa shape index (κ1) is 17.7. The molecular formula is C19H17FN2OS3. The number of hydrogen-bond donors (Lipinski definition) is 0. The molecule has 1 amide bonds. The number of fused-ring (bicyclic) bond motifs is 1. The van der Waals surface area contributed by atoms with E-state index in [-0.39, 0.29) is 17.0 Å². The summed E-state index contributed by atoms with van der Waals surface area (Å²) in [6, 6.07) is 8.43. The van der Waals surface area contributed by atoms with Crippen molar-refractivity contribution in [2.75, 3.05) is 6.54 Å². The van der Waals surface area contributed by atoms with E-state index in [0.717, 1.165) is 28.6 Å². The molecule has 3 aromatic rings. The fourth-order valence-electron chi connectivity index (χ4n) is 2.96. The smallest absolute Gasteiger partial charge is 0.236 e. The van der Waals surface area contributed by atoms with E-state index in [4.69, 9.17) is 0 Å². The van der Waals surface area contributed by atoms with Crippen molar-refractivity contribution in [3.8, 4) is 11.3 Å². The minimum Gasteiger partial charge on any atom is -0.337 e. The summed E-state index contributed by atoms with van der Waals surface area (Å²) in [5.74, 6) is -0.0986. The van der Waals surface area contributed by atoms with E-state index in [1.165, 1.54) is 45.7 Å². The summed E-state index contributed by atoms with van der Waals surface area (Å²) in [7, 11) is 0. The molecule has 26 heavy (non-hydrogen) atoms. The van der Waals surface area contributed by atoms with Crippen LogP contribution in [0.4, 0.5) is 4.39 Å². The molecule has 0 N–H and O–H groups in total. The van der Waals surface area contributed by atoms with Gasteiger partial charge >= 0.3 is 0 Å². The topological polar surface area (TPSA) is 33.2 Å². The van der Waals surface area contributed by atoms with Crippen LogP contribution in [0, 0.1) is 5.82 Å². The standard InChI is InChI=1S/C19H17FN2OS3/c1-12(18(23)22-8-6-17-14(10-22)7-9-24-17)26-19-21-16(11-25-19)13-2-4-15(20)5-3-13/h2-5,7,9,11-12H,6,8,10H2,1H3. The molecule has 0 fully saturated rings.